The molecule has 1 aromatic heterocycles. The van der Waals surface area contributed by atoms with Gasteiger partial charge in [-0.05, 0) is 26.3 Å². The first-order valence-corrected chi connectivity index (χ1v) is 9.12. The van der Waals surface area contributed by atoms with Crippen LogP contribution in [0.25, 0.3) is 0 Å². The Labute approximate surface area is 136 Å². The zero-order chi connectivity index (χ0) is 17.0. The number of nitrogens with one attached hydrogen (secondary N) is 1. The Balaban J connectivity index is 2.11. The molecule has 2 aromatic rings. The summed E-state index contributed by atoms with van der Waals surface area (Å²) < 4.78 is 26.4. The number of carbonyl (C=O) groups is 1. The molecule has 0 saturated carbocycles. The fraction of sp³-hybridized carbons (Fsp3) is 0.375. The molecule has 0 radical (unpaired) electrons. The molecular formula is C16H21N3O3S. The summed E-state index contributed by atoms with van der Waals surface area (Å²) in [5.41, 5.74) is 0.666. The predicted octanol–water partition coefficient (Wildman–Crippen LogP) is 2.41. The minimum absolute atomic E-state index is 0.0662. The smallest absolute Gasteiger partial charge is 0.243 e. The standard InChI is InChI=1S/C16H21N3O3S/c1-12(2)19-15(9-10-17-19)18-16(20)13(3)23(21,22)11-14-7-5-4-6-8-14/h4-10,12-13H,11H2,1-3H3,(H,18,20)/t13-/m1/s1. The highest BCUT2D eigenvalue weighted by Gasteiger charge is 2.28. The summed E-state index contributed by atoms with van der Waals surface area (Å²) in [7, 11) is -3.59. The number of anilines is 1. The number of sulfone groups is 1. The van der Waals surface area contributed by atoms with E-state index in [2.05, 4.69) is 10.4 Å². The average Bonchev–Trinajstić information content (AvgIpc) is 2.95. The van der Waals surface area contributed by atoms with Crippen LogP contribution in [-0.2, 0) is 20.4 Å². The molecule has 1 aromatic carbocycles. The molecule has 6 nitrogen and oxygen atoms in total. The van der Waals surface area contributed by atoms with Crippen LogP contribution >= 0.6 is 0 Å². The predicted molar refractivity (Wildman–Crippen MR) is 89.8 cm³/mol. The van der Waals surface area contributed by atoms with Gasteiger partial charge in [-0.15, -0.1) is 0 Å². The van der Waals surface area contributed by atoms with Gasteiger partial charge in [0.15, 0.2) is 9.84 Å². The van der Waals surface area contributed by atoms with Gasteiger partial charge in [-0.3, -0.25) is 4.79 Å². The largest absolute Gasteiger partial charge is 0.310 e. The molecule has 0 bridgehead atoms. The SMILES string of the molecule is CC(C)n1nccc1NC(=O)[C@@H](C)S(=O)(=O)Cc1ccccc1. The lowest BCUT2D eigenvalue weighted by atomic mass is 10.2. The highest BCUT2D eigenvalue weighted by atomic mass is 32.2. The van der Waals surface area contributed by atoms with E-state index in [4.69, 9.17) is 0 Å². The number of amides is 1. The number of carbonyl (C=O) groups excluding carboxylic acids is 1. The van der Waals surface area contributed by atoms with Crippen molar-refractivity contribution in [1.29, 1.82) is 0 Å². The van der Waals surface area contributed by atoms with E-state index in [1.54, 1.807) is 41.2 Å². The highest BCUT2D eigenvalue weighted by Crippen LogP contribution is 2.16. The van der Waals surface area contributed by atoms with Gasteiger partial charge >= 0.3 is 0 Å². The monoisotopic (exact) mass is 335 g/mol. The summed E-state index contributed by atoms with van der Waals surface area (Å²) >= 11 is 0. The molecule has 124 valence electrons. The maximum absolute atomic E-state index is 12.4. The van der Waals surface area contributed by atoms with Gasteiger partial charge in [0.2, 0.25) is 5.91 Å². The molecule has 7 heteroatoms. The average molecular weight is 335 g/mol. The van der Waals surface area contributed by atoms with Gasteiger partial charge in [0.25, 0.3) is 0 Å². The molecule has 1 heterocycles. The van der Waals surface area contributed by atoms with Crippen LogP contribution in [0.4, 0.5) is 5.82 Å². The van der Waals surface area contributed by atoms with Gasteiger partial charge in [0, 0.05) is 12.1 Å². The maximum Gasteiger partial charge on any atom is 0.243 e. The van der Waals surface area contributed by atoms with Gasteiger partial charge in [0.1, 0.15) is 11.1 Å². The van der Waals surface area contributed by atoms with E-state index in [-0.39, 0.29) is 11.8 Å². The molecular weight excluding hydrogens is 314 g/mol. The van der Waals surface area contributed by atoms with E-state index < -0.39 is 21.0 Å². The molecule has 0 unspecified atom stereocenters. The topological polar surface area (TPSA) is 81.1 Å². The van der Waals surface area contributed by atoms with Crippen molar-refractivity contribution in [3.63, 3.8) is 0 Å². The van der Waals surface area contributed by atoms with Gasteiger partial charge in [-0.25, -0.2) is 13.1 Å². The lowest BCUT2D eigenvalue weighted by molar-refractivity contribution is -0.115. The molecule has 0 spiro atoms. The van der Waals surface area contributed by atoms with E-state index in [0.29, 0.717) is 11.4 Å². The molecule has 23 heavy (non-hydrogen) atoms. The summed E-state index contributed by atoms with van der Waals surface area (Å²) in [5, 5.41) is 5.62. The van der Waals surface area contributed by atoms with Crippen molar-refractivity contribution in [3.8, 4) is 0 Å². The van der Waals surface area contributed by atoms with E-state index in [9.17, 15) is 13.2 Å². The van der Waals surface area contributed by atoms with E-state index in [0.717, 1.165) is 0 Å². The van der Waals surface area contributed by atoms with Gasteiger partial charge in [-0.2, -0.15) is 5.10 Å². The second-order valence-corrected chi connectivity index (χ2v) is 8.00. The molecule has 0 fully saturated rings. The Hall–Kier alpha value is -2.15. The minimum atomic E-state index is -3.59. The second kappa shape index (κ2) is 6.95. The van der Waals surface area contributed by atoms with Crippen molar-refractivity contribution in [2.75, 3.05) is 5.32 Å². The van der Waals surface area contributed by atoms with Crippen LogP contribution in [0.3, 0.4) is 0 Å². The molecule has 0 aliphatic rings. The van der Waals surface area contributed by atoms with Crippen molar-refractivity contribution in [2.24, 2.45) is 0 Å². The van der Waals surface area contributed by atoms with Gasteiger partial charge < -0.3 is 5.32 Å². The van der Waals surface area contributed by atoms with Crippen molar-refractivity contribution in [1.82, 2.24) is 9.78 Å². The van der Waals surface area contributed by atoms with E-state index in [1.807, 2.05) is 19.9 Å². The summed E-state index contributed by atoms with van der Waals surface area (Å²) in [5.74, 6) is -0.221. The van der Waals surface area contributed by atoms with Crippen LogP contribution in [0.2, 0.25) is 0 Å². The van der Waals surface area contributed by atoms with Crippen molar-refractivity contribution < 1.29 is 13.2 Å². The maximum atomic E-state index is 12.4. The molecule has 0 saturated heterocycles. The minimum Gasteiger partial charge on any atom is -0.310 e. The Bertz CT molecular complexity index is 767. The summed E-state index contributed by atoms with van der Waals surface area (Å²) in [4.78, 5) is 12.3. The first kappa shape index (κ1) is 17.2. The molecule has 1 atom stereocenters. The fourth-order valence-electron chi connectivity index (χ4n) is 2.15. The lowest BCUT2D eigenvalue weighted by Crippen LogP contribution is -2.34. The van der Waals surface area contributed by atoms with Crippen LogP contribution < -0.4 is 5.32 Å². The summed E-state index contributed by atoms with van der Waals surface area (Å²) in [6, 6.07) is 10.5. The molecule has 1 amide bonds. The number of hydrogen-bond acceptors (Lipinski definition) is 4. The summed E-state index contributed by atoms with van der Waals surface area (Å²) in [6.07, 6.45) is 1.57. The van der Waals surface area contributed by atoms with E-state index >= 15 is 0 Å². The third kappa shape index (κ3) is 4.19. The molecule has 2 rings (SSSR count). The number of nitrogens with zero attached hydrogens (tertiary/aromatic N) is 2. The van der Waals surface area contributed by atoms with E-state index in [1.165, 1.54) is 6.92 Å². The Morgan fingerprint density at radius 1 is 1.17 bits per heavy atom. The quantitative estimate of drug-likeness (QED) is 0.879. The van der Waals surface area contributed by atoms with Crippen molar-refractivity contribution in [2.45, 2.75) is 37.8 Å². The first-order valence-electron chi connectivity index (χ1n) is 7.41. The van der Waals surface area contributed by atoms with Crippen LogP contribution in [0.5, 0.6) is 0 Å². The Morgan fingerprint density at radius 2 is 1.83 bits per heavy atom. The molecule has 1 N–H and O–H groups in total. The third-order valence-corrected chi connectivity index (χ3v) is 5.56. The number of rotatable bonds is 6. The van der Waals surface area contributed by atoms with Crippen LogP contribution in [-0.4, -0.2) is 29.4 Å². The highest BCUT2D eigenvalue weighted by molar-refractivity contribution is 7.92. The zero-order valence-corrected chi connectivity index (χ0v) is 14.2. The number of hydrogen-bond donors (Lipinski definition) is 1. The van der Waals surface area contributed by atoms with Gasteiger partial charge in [-0.1, -0.05) is 30.3 Å². The number of benzene rings is 1. The number of aromatic nitrogens is 2. The first-order chi connectivity index (χ1) is 10.8. The van der Waals surface area contributed by atoms with Crippen LogP contribution in [0.1, 0.15) is 32.4 Å². The van der Waals surface area contributed by atoms with Crippen molar-refractivity contribution in [3.05, 3.63) is 48.2 Å². The molecule has 0 aliphatic carbocycles. The third-order valence-electron chi connectivity index (χ3n) is 3.53. The molecule has 0 aliphatic heterocycles. The van der Waals surface area contributed by atoms with Crippen LogP contribution in [0.15, 0.2) is 42.6 Å². The summed E-state index contributed by atoms with van der Waals surface area (Å²) in [6.45, 7) is 5.26. The fourth-order valence-corrected chi connectivity index (χ4v) is 3.44. The lowest BCUT2D eigenvalue weighted by Gasteiger charge is -2.15. The Morgan fingerprint density at radius 3 is 2.43 bits per heavy atom. The second-order valence-electron chi connectivity index (χ2n) is 5.68. The normalized spacial score (nSPS) is 13.0. The van der Waals surface area contributed by atoms with Crippen molar-refractivity contribution >= 4 is 21.6 Å². The van der Waals surface area contributed by atoms with Gasteiger partial charge in [0.05, 0.1) is 11.9 Å². The Kier molecular flexibility index (Phi) is 5.20. The van der Waals surface area contributed by atoms with Crippen LogP contribution in [0, 0.1) is 0 Å². The zero-order valence-electron chi connectivity index (χ0n) is 13.4.